The van der Waals surface area contributed by atoms with Crippen molar-refractivity contribution in [2.75, 3.05) is 0 Å². The predicted molar refractivity (Wildman–Crippen MR) is 89.6 cm³/mol. The van der Waals surface area contributed by atoms with Gasteiger partial charge in [-0.2, -0.15) is 13.2 Å². The van der Waals surface area contributed by atoms with Gasteiger partial charge in [0.15, 0.2) is 17.4 Å². The molecule has 0 amide bonds. The van der Waals surface area contributed by atoms with Gasteiger partial charge in [-0.15, -0.1) is 0 Å². The lowest BCUT2D eigenvalue weighted by Crippen LogP contribution is -2.48. The summed E-state index contributed by atoms with van der Waals surface area (Å²) in [6.45, 7) is 9.16. The van der Waals surface area contributed by atoms with Crippen LogP contribution in [0, 0.1) is 23.5 Å². The molecule has 0 unspecified atom stereocenters. The molecular weight excluding hydrogens is 374 g/mol. The number of benzene rings is 1. The minimum Gasteiger partial charge on any atom is -0.541 e. The Morgan fingerprint density at radius 1 is 0.962 bits per heavy atom. The molecule has 1 aliphatic carbocycles. The lowest BCUT2D eigenvalue weighted by molar-refractivity contribution is 0.0440. The molecule has 0 aromatic heterocycles. The molecule has 0 atom stereocenters. The smallest absolute Gasteiger partial charge is 0.306 e. The number of fused-ring (bicyclic) bond motifs is 1. The average Bonchev–Trinajstić information content (AvgIpc) is 2.76. The Balaban J connectivity index is 2.78. The van der Waals surface area contributed by atoms with E-state index in [0.717, 1.165) is 6.08 Å². The van der Waals surface area contributed by atoms with Crippen LogP contribution in [0.4, 0.5) is 26.3 Å². The summed E-state index contributed by atoms with van der Waals surface area (Å²) in [5, 5.41) is 0. The first-order valence-electron chi connectivity index (χ1n) is 8.49. The topological polar surface area (TPSA) is 9.23 Å². The van der Waals surface area contributed by atoms with E-state index >= 15 is 0 Å². The molecule has 0 N–H and O–H groups in total. The second kappa shape index (κ2) is 6.94. The molecule has 26 heavy (non-hydrogen) atoms. The van der Waals surface area contributed by atoms with Crippen molar-refractivity contribution in [3.05, 3.63) is 34.7 Å². The van der Waals surface area contributed by atoms with Crippen LogP contribution in [0.3, 0.4) is 0 Å². The molecule has 2 rings (SSSR count). The molecule has 145 valence electrons. The summed E-state index contributed by atoms with van der Waals surface area (Å²) in [5.74, 6) is -12.8. The Morgan fingerprint density at radius 3 is 1.96 bits per heavy atom. The second-order valence-electron chi connectivity index (χ2n) is 7.15. The SMILES string of the molecule is CCC[Si](Oc1c(F)c(F)c(F)c2c1C(F)(F)[C]=C2F)(C(C)C)C(C)C. The quantitative estimate of drug-likeness (QED) is 0.290. The van der Waals surface area contributed by atoms with Gasteiger partial charge in [0, 0.05) is 0 Å². The van der Waals surface area contributed by atoms with Crippen LogP contribution in [-0.2, 0) is 5.92 Å². The van der Waals surface area contributed by atoms with Crippen LogP contribution in [0.15, 0.2) is 0 Å². The normalized spacial score (nSPS) is 16.3. The van der Waals surface area contributed by atoms with E-state index < -0.39 is 54.4 Å². The number of hydrogen-bond donors (Lipinski definition) is 0. The van der Waals surface area contributed by atoms with Crippen LogP contribution in [0.2, 0.25) is 17.1 Å². The molecule has 0 fully saturated rings. The Morgan fingerprint density at radius 2 is 1.50 bits per heavy atom. The van der Waals surface area contributed by atoms with Gasteiger partial charge in [-0.3, -0.25) is 0 Å². The van der Waals surface area contributed by atoms with Gasteiger partial charge < -0.3 is 4.43 Å². The fourth-order valence-electron chi connectivity index (χ4n) is 3.61. The fourth-order valence-corrected chi connectivity index (χ4v) is 8.03. The largest absolute Gasteiger partial charge is 0.541 e. The summed E-state index contributed by atoms with van der Waals surface area (Å²) in [7, 11) is -2.91. The summed E-state index contributed by atoms with van der Waals surface area (Å²) in [5.41, 5.74) is -2.87. The van der Waals surface area contributed by atoms with Crippen molar-refractivity contribution in [3.63, 3.8) is 0 Å². The average molecular weight is 395 g/mol. The second-order valence-corrected chi connectivity index (χ2v) is 12.1. The van der Waals surface area contributed by atoms with E-state index in [-0.39, 0.29) is 11.1 Å². The van der Waals surface area contributed by atoms with Gasteiger partial charge in [0.1, 0.15) is 5.83 Å². The molecule has 1 aromatic rings. The van der Waals surface area contributed by atoms with Crippen LogP contribution in [0.1, 0.15) is 52.2 Å². The van der Waals surface area contributed by atoms with Gasteiger partial charge in [-0.1, -0.05) is 41.0 Å². The van der Waals surface area contributed by atoms with E-state index in [1.54, 1.807) is 0 Å². The van der Waals surface area contributed by atoms with E-state index in [1.165, 1.54) is 0 Å². The van der Waals surface area contributed by atoms with E-state index in [1.807, 2.05) is 34.6 Å². The number of hydrogen-bond acceptors (Lipinski definition) is 1. The van der Waals surface area contributed by atoms with Gasteiger partial charge >= 0.3 is 5.92 Å². The van der Waals surface area contributed by atoms with Crippen molar-refractivity contribution in [2.45, 2.75) is 64.1 Å². The molecular formula is C18H21F6OSi. The first-order valence-corrected chi connectivity index (χ1v) is 10.8. The van der Waals surface area contributed by atoms with Crippen LogP contribution >= 0.6 is 0 Å². The minimum atomic E-state index is -4.11. The molecule has 0 spiro atoms. The van der Waals surface area contributed by atoms with E-state index in [2.05, 4.69) is 0 Å². The lowest BCUT2D eigenvalue weighted by atomic mass is 10.0. The fraction of sp³-hybridized carbons (Fsp3) is 0.556. The number of halogens is 6. The van der Waals surface area contributed by atoms with Crippen molar-refractivity contribution in [2.24, 2.45) is 0 Å². The number of alkyl halides is 2. The maximum atomic E-state index is 14.5. The molecule has 8 heteroatoms. The summed E-state index contributed by atoms with van der Waals surface area (Å²) in [6.07, 6.45) is 1.79. The highest BCUT2D eigenvalue weighted by molar-refractivity contribution is 6.77. The third-order valence-electron chi connectivity index (χ3n) is 4.97. The molecule has 0 bridgehead atoms. The van der Waals surface area contributed by atoms with E-state index in [9.17, 15) is 26.3 Å². The minimum absolute atomic E-state index is 0.123. The van der Waals surface area contributed by atoms with Crippen molar-refractivity contribution in [1.29, 1.82) is 0 Å². The van der Waals surface area contributed by atoms with Crippen LogP contribution in [-0.4, -0.2) is 8.32 Å². The molecule has 0 heterocycles. The van der Waals surface area contributed by atoms with Gasteiger partial charge in [0.2, 0.25) is 5.82 Å². The van der Waals surface area contributed by atoms with Crippen LogP contribution < -0.4 is 4.43 Å². The number of rotatable bonds is 6. The first-order chi connectivity index (χ1) is 11.9. The molecule has 0 saturated carbocycles. The zero-order chi connectivity index (χ0) is 20.0. The summed E-state index contributed by atoms with van der Waals surface area (Å²) >= 11 is 0. The van der Waals surface area contributed by atoms with Gasteiger partial charge in [-0.25, -0.2) is 13.2 Å². The maximum Gasteiger partial charge on any atom is 0.306 e. The maximum absolute atomic E-state index is 14.5. The van der Waals surface area contributed by atoms with E-state index in [4.69, 9.17) is 4.43 Å². The standard InChI is InChI=1S/C18H21F6OSi/c1-6-7-26(9(2)3,10(4)5)25-17-13-12(11(19)8-18(13,23)24)14(20)15(21)16(17)22/h9-10H,6-7H2,1-5H3. The first kappa shape index (κ1) is 20.9. The molecule has 1 aliphatic rings. The van der Waals surface area contributed by atoms with Gasteiger partial charge in [0.05, 0.1) is 17.2 Å². The Kier molecular flexibility index (Phi) is 5.57. The van der Waals surface area contributed by atoms with Crippen LogP contribution in [0.25, 0.3) is 5.83 Å². The van der Waals surface area contributed by atoms with Crippen molar-refractivity contribution < 1.29 is 30.8 Å². The Hall–Kier alpha value is -1.44. The van der Waals surface area contributed by atoms with Gasteiger partial charge in [0.25, 0.3) is 8.32 Å². The summed E-state index contributed by atoms with van der Waals surface area (Å²) in [4.78, 5) is 0. The van der Waals surface area contributed by atoms with Crippen molar-refractivity contribution in [3.8, 4) is 5.75 Å². The summed E-state index contributed by atoms with van der Waals surface area (Å²) < 4.78 is 90.4. The molecule has 1 aromatic carbocycles. The van der Waals surface area contributed by atoms with Crippen LogP contribution in [0.5, 0.6) is 5.75 Å². The van der Waals surface area contributed by atoms with Crippen molar-refractivity contribution in [1.82, 2.24) is 0 Å². The lowest BCUT2D eigenvalue weighted by Gasteiger charge is -2.39. The third kappa shape index (κ3) is 3.06. The Labute approximate surface area is 150 Å². The molecule has 0 saturated heterocycles. The van der Waals surface area contributed by atoms with Crippen molar-refractivity contribution >= 4 is 14.1 Å². The molecule has 1 radical (unpaired) electrons. The predicted octanol–water partition coefficient (Wildman–Crippen LogP) is 6.88. The number of allylic oxidation sites excluding steroid dienone is 1. The molecule has 1 nitrogen and oxygen atoms in total. The van der Waals surface area contributed by atoms with Gasteiger partial charge in [-0.05, 0) is 17.1 Å². The zero-order valence-corrected chi connectivity index (χ0v) is 16.2. The Bertz CT molecular complexity index is 734. The molecule has 0 aliphatic heterocycles. The summed E-state index contributed by atoms with van der Waals surface area (Å²) in [6, 6.07) is 0.501. The third-order valence-corrected chi connectivity index (χ3v) is 10.7. The van der Waals surface area contributed by atoms with E-state index in [0.29, 0.717) is 12.5 Å². The highest BCUT2D eigenvalue weighted by Gasteiger charge is 2.51. The monoisotopic (exact) mass is 395 g/mol. The highest BCUT2D eigenvalue weighted by Crippen LogP contribution is 2.52. The zero-order valence-electron chi connectivity index (χ0n) is 15.2. The highest BCUT2D eigenvalue weighted by atomic mass is 28.4.